The van der Waals surface area contributed by atoms with Gasteiger partial charge in [0, 0.05) is 53.6 Å². The first-order valence-electron chi connectivity index (χ1n) is 11.8. The lowest BCUT2D eigenvalue weighted by molar-refractivity contribution is 0.0783. The van der Waals surface area contributed by atoms with Gasteiger partial charge in [0.1, 0.15) is 17.5 Å². The molecule has 1 unspecified atom stereocenters. The summed E-state index contributed by atoms with van der Waals surface area (Å²) < 4.78 is 6.17. The Hall–Kier alpha value is -3.13. The van der Waals surface area contributed by atoms with Crippen molar-refractivity contribution in [2.45, 2.75) is 25.5 Å². The van der Waals surface area contributed by atoms with E-state index in [4.69, 9.17) is 27.9 Å². The van der Waals surface area contributed by atoms with Crippen molar-refractivity contribution in [3.05, 3.63) is 76.0 Å². The Labute approximate surface area is 220 Å². The average molecular weight is 524 g/mol. The third-order valence-electron chi connectivity index (χ3n) is 6.73. The van der Waals surface area contributed by atoms with Crippen molar-refractivity contribution in [1.29, 1.82) is 0 Å². The van der Waals surface area contributed by atoms with Crippen LogP contribution in [0.15, 0.2) is 54.9 Å². The minimum atomic E-state index is -0.372. The second-order valence-corrected chi connectivity index (χ2v) is 10.1. The van der Waals surface area contributed by atoms with Crippen LogP contribution in [0.25, 0.3) is 22.2 Å². The first-order chi connectivity index (χ1) is 17.3. The van der Waals surface area contributed by atoms with Crippen LogP contribution in [-0.2, 0) is 0 Å². The predicted octanol–water partition coefficient (Wildman–Crippen LogP) is 5.85. The minimum absolute atomic E-state index is 0.0656. The van der Waals surface area contributed by atoms with E-state index in [0.29, 0.717) is 33.0 Å². The largest absolute Gasteiger partial charge is 0.486 e. The number of likely N-dealkylation sites (tertiary alicyclic amines) is 1. The summed E-state index contributed by atoms with van der Waals surface area (Å²) >= 11 is 12.6. The first-order valence-corrected chi connectivity index (χ1v) is 12.6. The zero-order valence-electron chi connectivity index (χ0n) is 20.3. The highest BCUT2D eigenvalue weighted by atomic mass is 35.5. The molecule has 1 aliphatic rings. The Bertz CT molecular complexity index is 1380. The standard InChI is InChI=1S/C27H27Cl2N5O2/c1-16(25-22(28)13-30-14-23(25)29)36-20-8-9-24-21(12-20)26(32-31-24)17-4-6-18(7-5-17)27(35)34-11-10-19(15-34)33(2)3/h4-9,12-14,16,19H,10-11,15H2,1-3H3,(H,31,32)/t16?,19-/m1/s1. The molecule has 0 aliphatic carbocycles. The SMILES string of the molecule is CC(Oc1ccc2[nH]nc(-c3ccc(C(=O)N4CC[C@@H](N(C)C)C4)cc3)c2c1)c1c(Cl)cncc1Cl. The number of amides is 1. The second-order valence-electron chi connectivity index (χ2n) is 9.29. The number of pyridine rings is 1. The average Bonchev–Trinajstić information content (AvgIpc) is 3.51. The summed E-state index contributed by atoms with van der Waals surface area (Å²) in [7, 11) is 4.12. The maximum absolute atomic E-state index is 13.0. The third-order valence-corrected chi connectivity index (χ3v) is 7.33. The lowest BCUT2D eigenvalue weighted by atomic mass is 10.0. The summed E-state index contributed by atoms with van der Waals surface area (Å²) in [5, 5.41) is 9.43. The molecule has 5 rings (SSSR count). The van der Waals surface area contributed by atoms with E-state index in [1.54, 1.807) is 12.4 Å². The Morgan fingerprint density at radius 3 is 2.53 bits per heavy atom. The molecule has 3 heterocycles. The molecule has 1 amide bonds. The number of benzene rings is 2. The highest BCUT2D eigenvalue weighted by molar-refractivity contribution is 6.35. The van der Waals surface area contributed by atoms with Crippen LogP contribution in [0, 0.1) is 0 Å². The molecule has 1 saturated heterocycles. The van der Waals surface area contributed by atoms with Gasteiger partial charge < -0.3 is 14.5 Å². The van der Waals surface area contributed by atoms with E-state index in [1.807, 2.05) is 54.3 Å². The summed E-state index contributed by atoms with van der Waals surface area (Å²) in [6.07, 6.45) is 3.74. The van der Waals surface area contributed by atoms with Crippen molar-refractivity contribution in [1.82, 2.24) is 25.0 Å². The van der Waals surface area contributed by atoms with Crippen molar-refractivity contribution < 1.29 is 9.53 Å². The number of rotatable bonds is 6. The molecule has 9 heteroatoms. The third kappa shape index (κ3) is 4.78. The van der Waals surface area contributed by atoms with Crippen LogP contribution in [0.4, 0.5) is 0 Å². The number of aromatic nitrogens is 3. The van der Waals surface area contributed by atoms with Gasteiger partial charge in [0.2, 0.25) is 0 Å². The topological polar surface area (TPSA) is 74.3 Å². The smallest absolute Gasteiger partial charge is 0.253 e. The monoisotopic (exact) mass is 523 g/mol. The highest BCUT2D eigenvalue weighted by Crippen LogP contribution is 2.35. The molecule has 0 spiro atoms. The van der Waals surface area contributed by atoms with Gasteiger partial charge in [-0.25, -0.2) is 0 Å². The normalized spacial score (nSPS) is 16.6. The zero-order valence-corrected chi connectivity index (χ0v) is 21.8. The number of hydrogen-bond donors (Lipinski definition) is 1. The van der Waals surface area contributed by atoms with Crippen LogP contribution in [0.1, 0.15) is 35.4 Å². The second kappa shape index (κ2) is 10.1. The first kappa shape index (κ1) is 24.6. The van der Waals surface area contributed by atoms with Gasteiger partial charge in [-0.1, -0.05) is 35.3 Å². The molecule has 2 aromatic heterocycles. The number of ether oxygens (including phenoxy) is 1. The molecule has 2 atom stereocenters. The lowest BCUT2D eigenvalue weighted by Gasteiger charge is -2.20. The fourth-order valence-corrected chi connectivity index (χ4v) is 5.33. The van der Waals surface area contributed by atoms with Crippen LogP contribution in [0.5, 0.6) is 5.75 Å². The van der Waals surface area contributed by atoms with E-state index in [9.17, 15) is 4.79 Å². The van der Waals surface area contributed by atoms with Gasteiger partial charge in [-0.05, 0) is 57.8 Å². The number of H-pyrrole nitrogens is 1. The van der Waals surface area contributed by atoms with E-state index in [2.05, 4.69) is 34.2 Å². The molecular formula is C27H27Cl2N5O2. The molecule has 7 nitrogen and oxygen atoms in total. The number of halogens is 2. The van der Waals surface area contributed by atoms with Crippen molar-refractivity contribution >= 4 is 40.0 Å². The predicted molar refractivity (Wildman–Crippen MR) is 143 cm³/mol. The Balaban J connectivity index is 1.36. The van der Waals surface area contributed by atoms with Crippen LogP contribution >= 0.6 is 23.2 Å². The lowest BCUT2D eigenvalue weighted by Crippen LogP contribution is -2.34. The zero-order chi connectivity index (χ0) is 25.4. The Morgan fingerprint density at radius 1 is 1.14 bits per heavy atom. The van der Waals surface area contributed by atoms with E-state index in [1.165, 1.54) is 0 Å². The molecule has 0 radical (unpaired) electrons. The van der Waals surface area contributed by atoms with Crippen molar-refractivity contribution in [2.75, 3.05) is 27.2 Å². The molecule has 1 N–H and O–H groups in total. The summed E-state index contributed by atoms with van der Waals surface area (Å²) in [5.74, 6) is 0.730. The van der Waals surface area contributed by atoms with Crippen LogP contribution < -0.4 is 4.74 Å². The molecule has 1 aliphatic heterocycles. The number of carbonyl (C=O) groups is 1. The molecule has 36 heavy (non-hydrogen) atoms. The van der Waals surface area contributed by atoms with E-state index in [-0.39, 0.29) is 12.0 Å². The minimum Gasteiger partial charge on any atom is -0.486 e. The number of aromatic amines is 1. The van der Waals surface area contributed by atoms with Crippen molar-refractivity contribution in [2.24, 2.45) is 0 Å². The van der Waals surface area contributed by atoms with Crippen molar-refractivity contribution in [3.8, 4) is 17.0 Å². The van der Waals surface area contributed by atoms with Gasteiger partial charge in [0.25, 0.3) is 5.91 Å². The van der Waals surface area contributed by atoms with Gasteiger partial charge in [0.15, 0.2) is 0 Å². The molecular weight excluding hydrogens is 497 g/mol. The van der Waals surface area contributed by atoms with Crippen LogP contribution in [0.2, 0.25) is 10.0 Å². The molecule has 0 bridgehead atoms. The van der Waals surface area contributed by atoms with Crippen LogP contribution in [-0.4, -0.2) is 64.1 Å². The summed E-state index contributed by atoms with van der Waals surface area (Å²) in [6, 6.07) is 13.8. The number of likely N-dealkylation sites (N-methyl/N-ethyl adjacent to an activating group) is 1. The fraction of sp³-hybridized carbons (Fsp3) is 0.296. The number of carbonyl (C=O) groups excluding carboxylic acids is 1. The van der Waals surface area contributed by atoms with Gasteiger partial charge in [0.05, 0.1) is 15.6 Å². The number of fused-ring (bicyclic) bond motifs is 1. The number of nitrogens with one attached hydrogen (secondary N) is 1. The maximum atomic E-state index is 13.0. The summed E-state index contributed by atoms with van der Waals surface area (Å²) in [6.45, 7) is 3.43. The number of nitrogens with zero attached hydrogens (tertiary/aromatic N) is 4. The van der Waals surface area contributed by atoms with Crippen molar-refractivity contribution in [3.63, 3.8) is 0 Å². The van der Waals surface area contributed by atoms with E-state index < -0.39 is 0 Å². The Kier molecular flexibility index (Phi) is 6.88. The van der Waals surface area contributed by atoms with Gasteiger partial charge in [-0.3, -0.25) is 14.9 Å². The maximum Gasteiger partial charge on any atom is 0.253 e. The van der Waals surface area contributed by atoms with Gasteiger partial charge in [-0.15, -0.1) is 0 Å². The molecule has 1 fully saturated rings. The molecule has 186 valence electrons. The molecule has 0 saturated carbocycles. The Morgan fingerprint density at radius 2 is 1.86 bits per heavy atom. The molecule has 4 aromatic rings. The number of hydrogen-bond acceptors (Lipinski definition) is 5. The van der Waals surface area contributed by atoms with Crippen LogP contribution in [0.3, 0.4) is 0 Å². The highest BCUT2D eigenvalue weighted by Gasteiger charge is 2.28. The fourth-order valence-electron chi connectivity index (χ4n) is 4.66. The van der Waals surface area contributed by atoms with E-state index in [0.717, 1.165) is 41.7 Å². The quantitative estimate of drug-likeness (QED) is 0.343. The summed E-state index contributed by atoms with van der Waals surface area (Å²) in [4.78, 5) is 21.1. The van der Waals surface area contributed by atoms with Gasteiger partial charge >= 0.3 is 0 Å². The van der Waals surface area contributed by atoms with Gasteiger partial charge in [-0.2, -0.15) is 5.10 Å². The summed E-state index contributed by atoms with van der Waals surface area (Å²) in [5.41, 5.74) is 3.96. The molecule has 2 aromatic carbocycles. The van der Waals surface area contributed by atoms with E-state index >= 15 is 0 Å².